The van der Waals surface area contributed by atoms with Gasteiger partial charge in [-0.3, -0.25) is 4.79 Å². The second kappa shape index (κ2) is 20.7. The standard InChI is InChI=1S/C37H54N2O5/c1-2-3-4-10-14-25-36(42)39-34(27-40)35(41)24-13-11-8-6-5-7-9-12-19-26-38-37(43)44-28-33-31-22-17-15-20-29(31)30-21-16-18-23-32(30)33/h13,15-18,20-24,33-35,40-41H,2-12,14,19,25-28H2,1H3,(H,38,43)(H,39,42)/b24-13+/t34?,35-/m1/s1. The lowest BCUT2D eigenvalue weighted by molar-refractivity contribution is -0.123. The maximum absolute atomic E-state index is 12.3. The molecule has 2 aromatic carbocycles. The van der Waals surface area contributed by atoms with E-state index < -0.39 is 12.1 Å². The van der Waals surface area contributed by atoms with Gasteiger partial charge >= 0.3 is 6.09 Å². The summed E-state index contributed by atoms with van der Waals surface area (Å²) in [6, 6.07) is 16.0. The highest BCUT2D eigenvalue weighted by atomic mass is 16.5. The Morgan fingerprint density at radius 1 is 0.841 bits per heavy atom. The van der Waals surface area contributed by atoms with Crippen LogP contribution in [0.3, 0.4) is 0 Å². The van der Waals surface area contributed by atoms with E-state index in [-0.39, 0.29) is 24.5 Å². The highest BCUT2D eigenvalue weighted by Gasteiger charge is 2.29. The molecular weight excluding hydrogens is 552 g/mol. The van der Waals surface area contributed by atoms with Crippen LogP contribution in [0.5, 0.6) is 0 Å². The topological polar surface area (TPSA) is 108 Å². The lowest BCUT2D eigenvalue weighted by atomic mass is 9.98. The minimum Gasteiger partial charge on any atom is -0.449 e. The van der Waals surface area contributed by atoms with Gasteiger partial charge in [0.1, 0.15) is 6.61 Å². The van der Waals surface area contributed by atoms with Crippen molar-refractivity contribution in [2.24, 2.45) is 0 Å². The summed E-state index contributed by atoms with van der Waals surface area (Å²) in [4.78, 5) is 24.4. The van der Waals surface area contributed by atoms with Crippen molar-refractivity contribution in [3.63, 3.8) is 0 Å². The molecule has 0 saturated carbocycles. The van der Waals surface area contributed by atoms with Gasteiger partial charge in [-0.15, -0.1) is 0 Å². The molecule has 7 heteroatoms. The predicted octanol–water partition coefficient (Wildman–Crippen LogP) is 7.40. The average Bonchev–Trinajstić information content (AvgIpc) is 3.36. The minimum atomic E-state index is -0.883. The molecule has 0 aromatic heterocycles. The van der Waals surface area contributed by atoms with Crippen molar-refractivity contribution in [1.29, 1.82) is 0 Å². The SMILES string of the molecule is CCCCCCCC(=O)NC(CO)[C@H](O)/C=C/CCCCCCCCCNC(=O)OCC1c2ccccc2-c2ccccc21. The molecule has 0 bridgehead atoms. The van der Waals surface area contributed by atoms with E-state index in [0.29, 0.717) is 19.6 Å². The summed E-state index contributed by atoms with van der Waals surface area (Å²) in [7, 11) is 0. The van der Waals surface area contributed by atoms with Crippen LogP contribution in [0.4, 0.5) is 4.79 Å². The van der Waals surface area contributed by atoms with Crippen molar-refractivity contribution in [3.05, 3.63) is 71.8 Å². The monoisotopic (exact) mass is 606 g/mol. The maximum Gasteiger partial charge on any atom is 0.407 e. The quantitative estimate of drug-likeness (QED) is 0.0825. The van der Waals surface area contributed by atoms with E-state index >= 15 is 0 Å². The minimum absolute atomic E-state index is 0.0774. The maximum atomic E-state index is 12.3. The van der Waals surface area contributed by atoms with Gasteiger partial charge in [0.05, 0.1) is 18.8 Å². The Balaban J connectivity index is 1.16. The number of carbonyl (C=O) groups excluding carboxylic acids is 2. The Hall–Kier alpha value is -3.16. The van der Waals surface area contributed by atoms with Gasteiger partial charge in [0.15, 0.2) is 0 Å². The summed E-state index contributed by atoms with van der Waals surface area (Å²) >= 11 is 0. The van der Waals surface area contributed by atoms with Crippen molar-refractivity contribution in [1.82, 2.24) is 10.6 Å². The highest BCUT2D eigenvalue weighted by molar-refractivity contribution is 5.79. The Morgan fingerprint density at radius 3 is 2.09 bits per heavy atom. The highest BCUT2D eigenvalue weighted by Crippen LogP contribution is 2.44. The number of aliphatic hydroxyl groups is 2. The van der Waals surface area contributed by atoms with Gasteiger partial charge in [0.25, 0.3) is 0 Å². The number of fused-ring (bicyclic) bond motifs is 3. The number of rotatable bonds is 22. The molecule has 1 aliphatic rings. The molecule has 2 aromatic rings. The molecule has 0 aliphatic heterocycles. The number of alkyl carbamates (subject to hydrolysis) is 1. The number of carbonyl (C=O) groups is 2. The normalized spacial score (nSPS) is 13.8. The van der Waals surface area contributed by atoms with E-state index in [9.17, 15) is 19.8 Å². The number of ether oxygens (including phenoxy) is 1. The molecule has 0 fully saturated rings. The first-order chi connectivity index (χ1) is 21.5. The van der Waals surface area contributed by atoms with Gasteiger partial charge in [-0.25, -0.2) is 4.79 Å². The van der Waals surface area contributed by atoms with E-state index in [0.717, 1.165) is 70.6 Å². The number of allylic oxidation sites excluding steroid dienone is 1. The molecular formula is C37H54N2O5. The van der Waals surface area contributed by atoms with Crippen LogP contribution in [0.2, 0.25) is 0 Å². The van der Waals surface area contributed by atoms with Gasteiger partial charge in [0, 0.05) is 18.9 Å². The van der Waals surface area contributed by atoms with Crippen molar-refractivity contribution in [3.8, 4) is 11.1 Å². The average molecular weight is 607 g/mol. The second-order valence-electron chi connectivity index (χ2n) is 12.0. The zero-order valence-corrected chi connectivity index (χ0v) is 26.6. The first-order valence-electron chi connectivity index (χ1n) is 16.9. The van der Waals surface area contributed by atoms with Crippen LogP contribution < -0.4 is 10.6 Å². The number of hydrogen-bond acceptors (Lipinski definition) is 5. The van der Waals surface area contributed by atoms with E-state index in [4.69, 9.17) is 4.74 Å². The molecule has 0 radical (unpaired) electrons. The lowest BCUT2D eigenvalue weighted by Gasteiger charge is -2.20. The molecule has 2 atom stereocenters. The summed E-state index contributed by atoms with van der Waals surface area (Å²) in [5, 5.41) is 25.6. The molecule has 0 spiro atoms. The van der Waals surface area contributed by atoms with Crippen LogP contribution in [-0.2, 0) is 9.53 Å². The molecule has 0 saturated heterocycles. The number of benzene rings is 2. The van der Waals surface area contributed by atoms with Crippen molar-refractivity contribution >= 4 is 12.0 Å². The molecule has 1 aliphatic carbocycles. The largest absolute Gasteiger partial charge is 0.449 e. The summed E-state index contributed by atoms with van der Waals surface area (Å²) in [5.41, 5.74) is 4.89. The third-order valence-corrected chi connectivity index (χ3v) is 8.46. The molecule has 0 heterocycles. The molecule has 1 unspecified atom stereocenters. The zero-order chi connectivity index (χ0) is 31.4. The molecule has 242 valence electrons. The van der Waals surface area contributed by atoms with E-state index in [1.807, 2.05) is 30.3 Å². The Kier molecular flexibility index (Phi) is 16.6. The number of unbranched alkanes of at least 4 members (excludes halogenated alkanes) is 11. The van der Waals surface area contributed by atoms with Crippen LogP contribution in [0.1, 0.15) is 114 Å². The third kappa shape index (κ3) is 12.1. The fourth-order valence-corrected chi connectivity index (χ4v) is 5.89. The predicted molar refractivity (Wildman–Crippen MR) is 178 cm³/mol. The fraction of sp³-hybridized carbons (Fsp3) is 0.568. The molecule has 3 rings (SSSR count). The van der Waals surface area contributed by atoms with Crippen molar-refractivity contribution in [2.75, 3.05) is 19.8 Å². The molecule has 7 nitrogen and oxygen atoms in total. The van der Waals surface area contributed by atoms with Gasteiger partial charge in [-0.05, 0) is 47.9 Å². The lowest BCUT2D eigenvalue weighted by Crippen LogP contribution is -2.45. The summed E-state index contributed by atoms with van der Waals surface area (Å²) in [6.07, 6.45) is 16.7. The summed E-state index contributed by atoms with van der Waals surface area (Å²) in [6.45, 7) is 2.84. The Labute approximate surface area is 264 Å². The van der Waals surface area contributed by atoms with Crippen LogP contribution in [0, 0.1) is 0 Å². The van der Waals surface area contributed by atoms with Crippen molar-refractivity contribution in [2.45, 2.75) is 115 Å². The first-order valence-corrected chi connectivity index (χ1v) is 16.9. The van der Waals surface area contributed by atoms with E-state index in [1.165, 1.54) is 35.1 Å². The van der Waals surface area contributed by atoms with Gasteiger partial charge in [0.2, 0.25) is 5.91 Å². The van der Waals surface area contributed by atoms with Crippen molar-refractivity contribution < 1.29 is 24.5 Å². The van der Waals surface area contributed by atoms with Gasteiger partial charge < -0.3 is 25.6 Å². The van der Waals surface area contributed by atoms with Crippen LogP contribution in [-0.4, -0.2) is 54.1 Å². The summed E-state index contributed by atoms with van der Waals surface area (Å²) < 4.78 is 5.61. The van der Waals surface area contributed by atoms with Gasteiger partial charge in [-0.2, -0.15) is 0 Å². The van der Waals surface area contributed by atoms with Gasteiger partial charge in [-0.1, -0.05) is 125 Å². The molecule has 44 heavy (non-hydrogen) atoms. The Bertz CT molecular complexity index is 1100. The zero-order valence-electron chi connectivity index (χ0n) is 26.6. The van der Waals surface area contributed by atoms with E-state index in [2.05, 4.69) is 41.8 Å². The smallest absolute Gasteiger partial charge is 0.407 e. The van der Waals surface area contributed by atoms with Crippen LogP contribution in [0.15, 0.2) is 60.7 Å². The molecule has 4 N–H and O–H groups in total. The fourth-order valence-electron chi connectivity index (χ4n) is 5.89. The number of amides is 2. The Morgan fingerprint density at radius 2 is 1.43 bits per heavy atom. The number of aliphatic hydroxyl groups excluding tert-OH is 2. The van der Waals surface area contributed by atoms with Crippen LogP contribution >= 0.6 is 0 Å². The summed E-state index contributed by atoms with van der Waals surface area (Å²) in [5.74, 6) is -0.0328. The molecule has 2 amide bonds. The van der Waals surface area contributed by atoms with E-state index in [1.54, 1.807) is 6.08 Å². The number of hydrogen-bond donors (Lipinski definition) is 4. The van der Waals surface area contributed by atoms with Crippen LogP contribution in [0.25, 0.3) is 11.1 Å². The number of nitrogens with one attached hydrogen (secondary N) is 2. The second-order valence-corrected chi connectivity index (χ2v) is 12.0. The third-order valence-electron chi connectivity index (χ3n) is 8.46. The first kappa shape index (κ1) is 35.3.